The molecule has 0 bridgehead atoms. The lowest BCUT2D eigenvalue weighted by atomic mass is 10.1. The third kappa shape index (κ3) is 4.21. The highest BCUT2D eigenvalue weighted by Crippen LogP contribution is 2.30. The summed E-state index contributed by atoms with van der Waals surface area (Å²) in [6.07, 6.45) is 2.62. The number of rotatable bonds is 5. The zero-order valence-electron chi connectivity index (χ0n) is 17.5. The van der Waals surface area contributed by atoms with Crippen LogP contribution in [-0.2, 0) is 12.8 Å². The lowest BCUT2D eigenvalue weighted by Gasteiger charge is -2.08. The number of phenolic OH excluding ortho intramolecular Hbond substituents is 2. The Labute approximate surface area is 195 Å². The number of halogens is 1. The molecule has 0 aliphatic rings. The fourth-order valence-electron chi connectivity index (χ4n) is 3.79. The first-order valence-corrected chi connectivity index (χ1v) is 10.8. The third-order valence-corrected chi connectivity index (χ3v) is 5.78. The van der Waals surface area contributed by atoms with Crippen molar-refractivity contribution in [2.24, 2.45) is 0 Å². The zero-order valence-corrected chi connectivity index (χ0v) is 18.2. The topological polar surface area (TPSA) is 90.9 Å². The van der Waals surface area contributed by atoms with Crippen LogP contribution >= 0.6 is 11.6 Å². The highest BCUT2D eigenvalue weighted by molar-refractivity contribution is 6.32. The molecule has 5 rings (SSSR count). The van der Waals surface area contributed by atoms with E-state index in [2.05, 4.69) is 0 Å². The lowest BCUT2D eigenvalue weighted by Crippen LogP contribution is -2.00. The van der Waals surface area contributed by atoms with Crippen molar-refractivity contribution >= 4 is 17.2 Å². The SMILES string of the molecule is Oc1ccc(-c2cn3c(O)c(Cc4ccc(O)c(Cl)c4)nc3c(Cc3ccccc3)n2)cc1. The summed E-state index contributed by atoms with van der Waals surface area (Å²) in [5, 5.41) is 30.6. The first-order chi connectivity index (χ1) is 16.0. The van der Waals surface area contributed by atoms with E-state index >= 15 is 0 Å². The second-order valence-electron chi connectivity index (χ2n) is 7.82. The summed E-state index contributed by atoms with van der Waals surface area (Å²) in [7, 11) is 0. The Kier molecular flexibility index (Phi) is 5.36. The summed E-state index contributed by atoms with van der Waals surface area (Å²) in [5.41, 5.74) is 5.12. The van der Waals surface area contributed by atoms with Crippen LogP contribution in [0.3, 0.4) is 0 Å². The van der Waals surface area contributed by atoms with E-state index in [0.717, 1.165) is 22.4 Å². The average Bonchev–Trinajstić information content (AvgIpc) is 3.13. The van der Waals surface area contributed by atoms with Crippen molar-refractivity contribution in [2.75, 3.05) is 0 Å². The minimum absolute atomic E-state index is 0.00697. The third-order valence-electron chi connectivity index (χ3n) is 5.48. The van der Waals surface area contributed by atoms with Crippen molar-refractivity contribution in [3.05, 3.63) is 107 Å². The molecule has 164 valence electrons. The van der Waals surface area contributed by atoms with Crippen molar-refractivity contribution in [2.45, 2.75) is 12.8 Å². The smallest absolute Gasteiger partial charge is 0.219 e. The number of benzene rings is 3. The second kappa shape index (κ2) is 8.48. The van der Waals surface area contributed by atoms with Gasteiger partial charge in [0.25, 0.3) is 0 Å². The molecule has 0 spiro atoms. The van der Waals surface area contributed by atoms with Gasteiger partial charge < -0.3 is 15.3 Å². The summed E-state index contributed by atoms with van der Waals surface area (Å²) in [4.78, 5) is 9.56. The molecule has 33 heavy (non-hydrogen) atoms. The molecule has 0 aliphatic carbocycles. The molecule has 5 aromatic rings. The summed E-state index contributed by atoms with van der Waals surface area (Å²) in [6, 6.07) is 21.6. The predicted octanol–water partition coefficient (Wildman–Crippen LogP) is 5.35. The first-order valence-electron chi connectivity index (χ1n) is 10.4. The van der Waals surface area contributed by atoms with Crippen molar-refractivity contribution in [3.63, 3.8) is 0 Å². The number of fused-ring (bicyclic) bond motifs is 1. The molecule has 0 radical (unpaired) electrons. The second-order valence-corrected chi connectivity index (χ2v) is 8.23. The van der Waals surface area contributed by atoms with E-state index in [1.807, 2.05) is 30.3 Å². The van der Waals surface area contributed by atoms with Gasteiger partial charge in [-0.2, -0.15) is 0 Å². The fraction of sp³-hybridized carbons (Fsp3) is 0.0769. The molecule has 0 saturated carbocycles. The van der Waals surface area contributed by atoms with Gasteiger partial charge in [0, 0.05) is 24.6 Å². The van der Waals surface area contributed by atoms with Gasteiger partial charge in [-0.1, -0.05) is 48.0 Å². The normalized spacial score (nSPS) is 11.2. The van der Waals surface area contributed by atoms with E-state index in [0.29, 0.717) is 29.9 Å². The van der Waals surface area contributed by atoms with Gasteiger partial charge in [-0.05, 0) is 47.5 Å². The maximum absolute atomic E-state index is 11.0. The molecular formula is C26H20ClN3O3. The van der Waals surface area contributed by atoms with Gasteiger partial charge in [0.2, 0.25) is 5.88 Å². The van der Waals surface area contributed by atoms with Gasteiger partial charge >= 0.3 is 0 Å². The average molecular weight is 458 g/mol. The van der Waals surface area contributed by atoms with Gasteiger partial charge in [0.15, 0.2) is 5.65 Å². The highest BCUT2D eigenvalue weighted by atomic mass is 35.5. The van der Waals surface area contributed by atoms with Crippen LogP contribution in [0, 0.1) is 0 Å². The number of hydrogen-bond donors (Lipinski definition) is 3. The number of imidazole rings is 1. The standard InChI is InChI=1S/C26H20ClN3O3/c27-20-12-17(6-11-24(20)32)14-22-26(33)30-15-23(18-7-9-19(31)10-8-18)28-21(25(30)29-22)13-16-4-2-1-3-5-16/h1-12,15,31-33H,13-14H2. The molecule has 3 N–H and O–H groups in total. The molecular weight excluding hydrogens is 438 g/mol. The number of nitrogens with zero attached hydrogens (tertiary/aromatic N) is 3. The Morgan fingerprint density at radius 1 is 0.758 bits per heavy atom. The highest BCUT2D eigenvalue weighted by Gasteiger charge is 2.18. The zero-order chi connectivity index (χ0) is 22.9. The van der Waals surface area contributed by atoms with Crippen molar-refractivity contribution in [1.82, 2.24) is 14.4 Å². The van der Waals surface area contributed by atoms with Crippen LogP contribution in [0.4, 0.5) is 0 Å². The first kappa shape index (κ1) is 20.8. The van der Waals surface area contributed by atoms with Gasteiger partial charge in [0.05, 0.1) is 16.4 Å². The van der Waals surface area contributed by atoms with Crippen LogP contribution in [0.2, 0.25) is 5.02 Å². The fourth-order valence-corrected chi connectivity index (χ4v) is 4.00. The summed E-state index contributed by atoms with van der Waals surface area (Å²) in [5.74, 6) is 0.197. The molecule has 0 amide bonds. The van der Waals surface area contributed by atoms with Gasteiger partial charge in [-0.25, -0.2) is 9.97 Å². The van der Waals surface area contributed by atoms with E-state index in [-0.39, 0.29) is 22.4 Å². The van der Waals surface area contributed by atoms with E-state index in [4.69, 9.17) is 21.6 Å². The maximum atomic E-state index is 11.0. The van der Waals surface area contributed by atoms with Gasteiger partial charge in [0.1, 0.15) is 17.2 Å². The summed E-state index contributed by atoms with van der Waals surface area (Å²) in [6.45, 7) is 0. The molecule has 0 unspecified atom stereocenters. The molecule has 3 aromatic carbocycles. The number of hydrogen-bond acceptors (Lipinski definition) is 5. The van der Waals surface area contributed by atoms with Crippen LogP contribution in [0.25, 0.3) is 16.9 Å². The Hall–Kier alpha value is -4.03. The minimum Gasteiger partial charge on any atom is -0.508 e. The molecule has 2 heterocycles. The van der Waals surface area contributed by atoms with Crippen LogP contribution < -0.4 is 0 Å². The number of aromatic hydroxyl groups is 3. The Balaban J connectivity index is 1.63. The molecule has 0 aliphatic heterocycles. The van der Waals surface area contributed by atoms with E-state index in [9.17, 15) is 15.3 Å². The molecule has 6 nitrogen and oxygen atoms in total. The quantitative estimate of drug-likeness (QED) is 0.331. The largest absolute Gasteiger partial charge is 0.508 e. The van der Waals surface area contributed by atoms with Crippen molar-refractivity contribution < 1.29 is 15.3 Å². The van der Waals surface area contributed by atoms with Crippen LogP contribution in [0.15, 0.2) is 79.0 Å². The Morgan fingerprint density at radius 3 is 2.21 bits per heavy atom. The molecule has 7 heteroatoms. The lowest BCUT2D eigenvalue weighted by molar-refractivity contribution is 0.442. The summed E-state index contributed by atoms with van der Waals surface area (Å²) >= 11 is 6.05. The van der Waals surface area contributed by atoms with Gasteiger partial charge in [-0.3, -0.25) is 4.40 Å². The van der Waals surface area contributed by atoms with Crippen LogP contribution in [0.5, 0.6) is 17.4 Å². The van der Waals surface area contributed by atoms with E-state index in [1.54, 1.807) is 47.0 Å². The Bertz CT molecular complexity index is 1450. The predicted molar refractivity (Wildman–Crippen MR) is 127 cm³/mol. The van der Waals surface area contributed by atoms with E-state index in [1.165, 1.54) is 6.07 Å². The Morgan fingerprint density at radius 2 is 1.48 bits per heavy atom. The number of aromatic nitrogens is 3. The molecule has 0 fully saturated rings. The van der Waals surface area contributed by atoms with Crippen molar-refractivity contribution in [1.29, 1.82) is 0 Å². The maximum Gasteiger partial charge on any atom is 0.219 e. The van der Waals surface area contributed by atoms with Crippen LogP contribution in [0.1, 0.15) is 22.5 Å². The van der Waals surface area contributed by atoms with Crippen molar-refractivity contribution in [3.8, 4) is 28.6 Å². The van der Waals surface area contributed by atoms with Crippen LogP contribution in [-0.4, -0.2) is 29.7 Å². The number of phenols is 2. The molecule has 2 aromatic heterocycles. The molecule has 0 saturated heterocycles. The molecule has 0 atom stereocenters. The van der Waals surface area contributed by atoms with E-state index < -0.39 is 0 Å². The monoisotopic (exact) mass is 457 g/mol. The summed E-state index contributed by atoms with van der Waals surface area (Å²) < 4.78 is 1.64. The van der Waals surface area contributed by atoms with Gasteiger partial charge in [-0.15, -0.1) is 0 Å². The minimum atomic E-state index is 0.00697.